The standard InChI is InChI=1S/C24H29N5O/c1-4-16(17-9-12-20(26)24(29)23(17)28)21(14-5-7-15(30-3)8-6-14)18-10-11-19(25)13(2)22(18)27/h5-12H,4,25-29H2,1-3H3/b21-16+. The summed E-state index contributed by atoms with van der Waals surface area (Å²) in [5, 5.41) is 0. The molecule has 0 saturated heterocycles. The molecule has 0 aliphatic carbocycles. The zero-order valence-corrected chi connectivity index (χ0v) is 17.6. The van der Waals surface area contributed by atoms with Crippen LogP contribution in [0.3, 0.4) is 0 Å². The van der Waals surface area contributed by atoms with Crippen molar-refractivity contribution >= 4 is 39.6 Å². The average molecular weight is 404 g/mol. The third-order valence-electron chi connectivity index (χ3n) is 5.51. The lowest BCUT2D eigenvalue weighted by Crippen LogP contribution is -2.06. The summed E-state index contributed by atoms with van der Waals surface area (Å²) in [6.07, 6.45) is 0.706. The quantitative estimate of drug-likeness (QED) is 0.318. The van der Waals surface area contributed by atoms with E-state index in [4.69, 9.17) is 33.4 Å². The van der Waals surface area contributed by atoms with E-state index in [0.717, 1.165) is 39.1 Å². The molecule has 0 aromatic heterocycles. The predicted molar refractivity (Wildman–Crippen MR) is 129 cm³/mol. The van der Waals surface area contributed by atoms with E-state index < -0.39 is 0 Å². The molecule has 6 nitrogen and oxygen atoms in total. The third kappa shape index (κ3) is 3.59. The molecular formula is C24H29N5O. The minimum absolute atomic E-state index is 0.383. The maximum absolute atomic E-state index is 6.53. The first-order chi connectivity index (χ1) is 14.3. The molecule has 0 unspecified atom stereocenters. The highest BCUT2D eigenvalue weighted by Crippen LogP contribution is 2.42. The number of methoxy groups -OCH3 is 1. The van der Waals surface area contributed by atoms with E-state index in [2.05, 4.69) is 6.92 Å². The molecule has 0 bridgehead atoms. The van der Waals surface area contributed by atoms with Gasteiger partial charge in [-0.1, -0.05) is 31.2 Å². The van der Waals surface area contributed by atoms with Gasteiger partial charge in [0.15, 0.2) is 0 Å². The number of benzene rings is 3. The molecule has 30 heavy (non-hydrogen) atoms. The molecule has 0 aliphatic rings. The van der Waals surface area contributed by atoms with E-state index in [0.29, 0.717) is 34.9 Å². The Kier molecular flexibility index (Phi) is 5.78. The Morgan fingerprint density at radius 2 is 1.33 bits per heavy atom. The fourth-order valence-corrected chi connectivity index (χ4v) is 3.63. The molecule has 3 aromatic rings. The molecule has 10 N–H and O–H groups in total. The van der Waals surface area contributed by atoms with Crippen LogP contribution in [0.15, 0.2) is 48.5 Å². The number of anilines is 5. The Hall–Kier alpha value is -3.80. The summed E-state index contributed by atoms with van der Waals surface area (Å²) in [6.45, 7) is 3.99. The molecule has 6 heteroatoms. The molecule has 0 fully saturated rings. The van der Waals surface area contributed by atoms with Crippen molar-refractivity contribution in [3.05, 3.63) is 70.8 Å². The van der Waals surface area contributed by atoms with Gasteiger partial charge in [0.2, 0.25) is 0 Å². The first kappa shape index (κ1) is 20.9. The highest BCUT2D eigenvalue weighted by Gasteiger charge is 2.19. The summed E-state index contributed by atoms with van der Waals surface area (Å²) in [6, 6.07) is 15.4. The normalized spacial score (nSPS) is 11.8. The van der Waals surface area contributed by atoms with Crippen molar-refractivity contribution in [3.63, 3.8) is 0 Å². The van der Waals surface area contributed by atoms with Crippen LogP contribution in [0.1, 0.15) is 35.6 Å². The maximum Gasteiger partial charge on any atom is 0.118 e. The topological polar surface area (TPSA) is 139 Å². The lowest BCUT2D eigenvalue weighted by molar-refractivity contribution is 0.415. The van der Waals surface area contributed by atoms with Gasteiger partial charge < -0.3 is 33.4 Å². The van der Waals surface area contributed by atoms with Crippen LogP contribution in [0, 0.1) is 6.92 Å². The van der Waals surface area contributed by atoms with Gasteiger partial charge >= 0.3 is 0 Å². The van der Waals surface area contributed by atoms with E-state index >= 15 is 0 Å². The fourth-order valence-electron chi connectivity index (χ4n) is 3.63. The number of rotatable bonds is 5. The molecule has 3 rings (SSSR count). The van der Waals surface area contributed by atoms with E-state index in [9.17, 15) is 0 Å². The van der Waals surface area contributed by atoms with Gasteiger partial charge in [0.25, 0.3) is 0 Å². The Morgan fingerprint density at radius 3 is 1.93 bits per heavy atom. The second kappa shape index (κ2) is 8.29. The zero-order valence-electron chi connectivity index (χ0n) is 17.6. The van der Waals surface area contributed by atoms with E-state index in [1.165, 1.54) is 0 Å². The Morgan fingerprint density at radius 1 is 0.733 bits per heavy atom. The number of allylic oxidation sites excluding steroid dienone is 1. The third-order valence-corrected chi connectivity index (χ3v) is 5.51. The highest BCUT2D eigenvalue weighted by molar-refractivity contribution is 6.05. The van der Waals surface area contributed by atoms with Crippen molar-refractivity contribution in [3.8, 4) is 5.75 Å². The molecule has 0 heterocycles. The second-order valence-corrected chi connectivity index (χ2v) is 7.21. The van der Waals surface area contributed by atoms with Crippen molar-refractivity contribution in [2.45, 2.75) is 20.3 Å². The molecule has 0 saturated carbocycles. The second-order valence-electron chi connectivity index (χ2n) is 7.21. The van der Waals surface area contributed by atoms with Gasteiger partial charge in [-0.2, -0.15) is 0 Å². The van der Waals surface area contributed by atoms with Crippen molar-refractivity contribution in [2.75, 3.05) is 35.8 Å². The predicted octanol–water partition coefficient (Wildman–Crippen LogP) is 4.28. The smallest absolute Gasteiger partial charge is 0.118 e. The fraction of sp³-hybridized carbons (Fsp3) is 0.167. The SMILES string of the molecule is CC/C(=C(/c1ccc(OC)cc1)c1ccc(N)c(C)c1N)c1ccc(N)c(N)c1N. The zero-order chi connectivity index (χ0) is 22.0. The highest BCUT2D eigenvalue weighted by atomic mass is 16.5. The Bertz CT molecular complexity index is 1120. The number of hydrogen-bond acceptors (Lipinski definition) is 6. The molecule has 156 valence electrons. The van der Waals surface area contributed by atoms with Gasteiger partial charge in [0, 0.05) is 22.5 Å². The van der Waals surface area contributed by atoms with Crippen molar-refractivity contribution in [1.82, 2.24) is 0 Å². The van der Waals surface area contributed by atoms with Gasteiger partial charge in [0.05, 0.1) is 24.2 Å². The molecule has 0 atom stereocenters. The average Bonchev–Trinajstić information content (AvgIpc) is 2.76. The van der Waals surface area contributed by atoms with E-state index in [1.54, 1.807) is 13.2 Å². The van der Waals surface area contributed by atoms with Crippen LogP contribution in [0.4, 0.5) is 28.4 Å². The first-order valence-electron chi connectivity index (χ1n) is 9.76. The molecule has 0 spiro atoms. The van der Waals surface area contributed by atoms with Crippen LogP contribution < -0.4 is 33.4 Å². The molecule has 3 aromatic carbocycles. The molecule has 0 radical (unpaired) electrons. The van der Waals surface area contributed by atoms with Gasteiger partial charge in [-0.05, 0) is 59.9 Å². The lowest BCUT2D eigenvalue weighted by atomic mass is 9.85. The molecule has 0 amide bonds. The minimum atomic E-state index is 0.383. The summed E-state index contributed by atoms with van der Waals surface area (Å²) in [7, 11) is 1.64. The van der Waals surface area contributed by atoms with Crippen LogP contribution in [0.5, 0.6) is 5.75 Å². The van der Waals surface area contributed by atoms with E-state index in [-0.39, 0.29) is 0 Å². The maximum atomic E-state index is 6.53. The van der Waals surface area contributed by atoms with Gasteiger partial charge in [-0.15, -0.1) is 0 Å². The Balaban J connectivity index is 2.40. The van der Waals surface area contributed by atoms with Crippen molar-refractivity contribution in [2.24, 2.45) is 0 Å². The minimum Gasteiger partial charge on any atom is -0.497 e. The van der Waals surface area contributed by atoms with Crippen molar-refractivity contribution in [1.29, 1.82) is 0 Å². The van der Waals surface area contributed by atoms with E-state index in [1.807, 2.05) is 49.4 Å². The summed E-state index contributed by atoms with van der Waals surface area (Å²) in [5.41, 5.74) is 39.2. The number of nitrogens with two attached hydrogens (primary N) is 5. The van der Waals surface area contributed by atoms with Crippen LogP contribution in [-0.4, -0.2) is 7.11 Å². The van der Waals surface area contributed by atoms with Gasteiger partial charge in [0.1, 0.15) is 5.75 Å². The monoisotopic (exact) mass is 403 g/mol. The number of nitrogen functional groups attached to an aromatic ring is 5. The largest absolute Gasteiger partial charge is 0.497 e. The first-order valence-corrected chi connectivity index (χ1v) is 9.76. The lowest BCUT2D eigenvalue weighted by Gasteiger charge is -2.21. The van der Waals surface area contributed by atoms with Crippen LogP contribution in [0.2, 0.25) is 0 Å². The summed E-state index contributed by atoms with van der Waals surface area (Å²) in [4.78, 5) is 0. The summed E-state index contributed by atoms with van der Waals surface area (Å²) in [5.74, 6) is 0.772. The van der Waals surface area contributed by atoms with Crippen LogP contribution >= 0.6 is 0 Å². The van der Waals surface area contributed by atoms with Crippen LogP contribution in [0.25, 0.3) is 11.1 Å². The summed E-state index contributed by atoms with van der Waals surface area (Å²) >= 11 is 0. The molecule has 0 aliphatic heterocycles. The van der Waals surface area contributed by atoms with Gasteiger partial charge in [-0.25, -0.2) is 0 Å². The Labute approximate surface area is 177 Å². The van der Waals surface area contributed by atoms with Crippen LogP contribution in [-0.2, 0) is 0 Å². The van der Waals surface area contributed by atoms with Gasteiger partial charge in [-0.3, -0.25) is 0 Å². The summed E-state index contributed by atoms with van der Waals surface area (Å²) < 4.78 is 5.32. The number of ether oxygens (including phenoxy) is 1. The van der Waals surface area contributed by atoms with Crippen molar-refractivity contribution < 1.29 is 4.74 Å². The number of hydrogen-bond donors (Lipinski definition) is 5. The molecular weight excluding hydrogens is 374 g/mol.